The third kappa shape index (κ3) is 1.92. The quantitative estimate of drug-likeness (QED) is 0.871. The van der Waals surface area contributed by atoms with Crippen molar-refractivity contribution < 1.29 is 4.52 Å². The molecular weight excluding hydrogens is 295 g/mol. The lowest BCUT2D eigenvalue weighted by Crippen LogP contribution is -1.99. The van der Waals surface area contributed by atoms with E-state index in [9.17, 15) is 0 Å². The Labute approximate surface area is 127 Å². The summed E-state index contributed by atoms with van der Waals surface area (Å²) < 4.78 is 5.23. The van der Waals surface area contributed by atoms with Crippen LogP contribution in [0.1, 0.15) is 30.9 Å². The first kappa shape index (κ1) is 12.5. The van der Waals surface area contributed by atoms with Crippen molar-refractivity contribution in [2.24, 2.45) is 11.8 Å². The minimum Gasteiger partial charge on any atom is -0.367 e. The molecule has 2 N–H and O–H groups in total. The topological polar surface area (TPSA) is 52.0 Å². The molecule has 0 spiro atoms. The van der Waals surface area contributed by atoms with Gasteiger partial charge in [-0.25, -0.2) is 0 Å². The molecular formula is C15H14Cl2N2O. The van der Waals surface area contributed by atoms with Crippen molar-refractivity contribution in [3.63, 3.8) is 0 Å². The van der Waals surface area contributed by atoms with Crippen LogP contribution in [0.4, 0.5) is 5.88 Å². The van der Waals surface area contributed by atoms with Gasteiger partial charge in [-0.2, -0.15) is 0 Å². The van der Waals surface area contributed by atoms with Crippen LogP contribution in [0.3, 0.4) is 0 Å². The molecule has 4 rings (SSSR count). The van der Waals surface area contributed by atoms with Crippen molar-refractivity contribution in [1.29, 1.82) is 0 Å². The van der Waals surface area contributed by atoms with E-state index in [1.165, 1.54) is 19.3 Å². The highest BCUT2D eigenvalue weighted by molar-refractivity contribution is 6.42. The molecule has 5 heteroatoms. The molecule has 2 unspecified atom stereocenters. The molecule has 0 radical (unpaired) electrons. The number of halogens is 2. The molecule has 2 aromatic rings. The fourth-order valence-electron chi connectivity index (χ4n) is 3.47. The standard InChI is InChI=1S/C15H14Cl2N2O/c16-11-2-1-7(6-12(11)17)13-14(19-20-15(13)18)10-4-8-3-9(8)5-10/h1-2,6,8-10H,3-5,18H2. The van der Waals surface area contributed by atoms with Crippen molar-refractivity contribution in [3.8, 4) is 11.1 Å². The van der Waals surface area contributed by atoms with Crippen LogP contribution in [0.25, 0.3) is 11.1 Å². The van der Waals surface area contributed by atoms with E-state index < -0.39 is 0 Å². The van der Waals surface area contributed by atoms with Gasteiger partial charge in [0.25, 0.3) is 0 Å². The predicted molar refractivity (Wildman–Crippen MR) is 79.9 cm³/mol. The van der Waals surface area contributed by atoms with Gasteiger partial charge in [-0.05, 0) is 48.8 Å². The molecule has 2 fully saturated rings. The zero-order chi connectivity index (χ0) is 13.9. The Morgan fingerprint density at radius 2 is 1.85 bits per heavy atom. The van der Waals surface area contributed by atoms with Crippen LogP contribution >= 0.6 is 23.2 Å². The summed E-state index contributed by atoms with van der Waals surface area (Å²) in [7, 11) is 0. The fraction of sp³-hybridized carbons (Fsp3) is 0.400. The number of benzene rings is 1. The molecule has 2 atom stereocenters. The van der Waals surface area contributed by atoms with Gasteiger partial charge in [0, 0.05) is 5.92 Å². The summed E-state index contributed by atoms with van der Waals surface area (Å²) in [6.45, 7) is 0. The average Bonchev–Trinajstić information content (AvgIpc) is 2.85. The number of hydrogen-bond acceptors (Lipinski definition) is 3. The van der Waals surface area contributed by atoms with Gasteiger partial charge in [-0.15, -0.1) is 0 Å². The van der Waals surface area contributed by atoms with Gasteiger partial charge in [0.2, 0.25) is 5.88 Å². The predicted octanol–water partition coefficient (Wildman–Crippen LogP) is 4.74. The lowest BCUT2D eigenvalue weighted by Gasteiger charge is -2.11. The van der Waals surface area contributed by atoms with Gasteiger partial charge in [0.1, 0.15) is 0 Å². The number of nitrogen functional groups attached to an aromatic ring is 1. The van der Waals surface area contributed by atoms with Crippen molar-refractivity contribution >= 4 is 29.1 Å². The van der Waals surface area contributed by atoms with Crippen LogP contribution in [0, 0.1) is 11.8 Å². The van der Waals surface area contributed by atoms with Crippen LogP contribution in [-0.2, 0) is 0 Å². The number of hydrogen-bond donors (Lipinski definition) is 1. The maximum Gasteiger partial charge on any atom is 0.230 e. The molecule has 0 bridgehead atoms. The summed E-state index contributed by atoms with van der Waals surface area (Å²) in [5.41, 5.74) is 8.76. The Kier molecular flexibility index (Phi) is 2.76. The van der Waals surface area contributed by atoms with E-state index in [2.05, 4.69) is 5.16 Å². The summed E-state index contributed by atoms with van der Waals surface area (Å²) >= 11 is 12.1. The van der Waals surface area contributed by atoms with Gasteiger partial charge in [0.15, 0.2) is 0 Å². The van der Waals surface area contributed by atoms with E-state index in [-0.39, 0.29) is 0 Å². The molecule has 2 aliphatic carbocycles. The van der Waals surface area contributed by atoms with E-state index >= 15 is 0 Å². The van der Waals surface area contributed by atoms with Crippen molar-refractivity contribution in [3.05, 3.63) is 33.9 Å². The number of anilines is 1. The number of nitrogens with zero attached hydrogens (tertiary/aromatic N) is 1. The third-order valence-corrected chi connectivity index (χ3v) is 5.32. The first-order chi connectivity index (χ1) is 9.63. The number of rotatable bonds is 2. The molecule has 1 aromatic heterocycles. The minimum absolute atomic E-state index is 0.360. The van der Waals surface area contributed by atoms with Crippen molar-refractivity contribution in [1.82, 2.24) is 5.16 Å². The van der Waals surface area contributed by atoms with Crippen LogP contribution in [0.15, 0.2) is 22.7 Å². The van der Waals surface area contributed by atoms with Crippen molar-refractivity contribution in [2.75, 3.05) is 5.73 Å². The lowest BCUT2D eigenvalue weighted by molar-refractivity contribution is 0.416. The average molecular weight is 309 g/mol. The molecule has 1 aromatic carbocycles. The van der Waals surface area contributed by atoms with E-state index in [1.807, 2.05) is 12.1 Å². The van der Waals surface area contributed by atoms with Crippen LogP contribution in [0.2, 0.25) is 10.0 Å². The normalized spacial score (nSPS) is 27.6. The Morgan fingerprint density at radius 1 is 1.10 bits per heavy atom. The maximum absolute atomic E-state index is 6.10. The number of nitrogens with two attached hydrogens (primary N) is 1. The molecule has 0 aliphatic heterocycles. The minimum atomic E-state index is 0.360. The molecule has 1 heterocycles. The second-order valence-corrected chi connectivity index (χ2v) is 6.67. The highest BCUT2D eigenvalue weighted by Crippen LogP contribution is 2.58. The Bertz CT molecular complexity index is 673. The molecule has 2 saturated carbocycles. The molecule has 3 nitrogen and oxygen atoms in total. The maximum atomic E-state index is 6.10. The van der Waals surface area contributed by atoms with E-state index in [4.69, 9.17) is 33.5 Å². The molecule has 0 amide bonds. The zero-order valence-corrected chi connectivity index (χ0v) is 12.3. The zero-order valence-electron chi connectivity index (χ0n) is 10.8. The smallest absolute Gasteiger partial charge is 0.230 e. The molecule has 20 heavy (non-hydrogen) atoms. The Balaban J connectivity index is 1.76. The first-order valence-corrected chi connectivity index (χ1v) is 7.59. The largest absolute Gasteiger partial charge is 0.367 e. The second-order valence-electron chi connectivity index (χ2n) is 5.86. The second kappa shape index (κ2) is 4.40. The van der Waals surface area contributed by atoms with Gasteiger partial charge in [0.05, 0.1) is 21.3 Å². The summed E-state index contributed by atoms with van der Waals surface area (Å²) in [6.07, 6.45) is 3.78. The Morgan fingerprint density at radius 3 is 2.55 bits per heavy atom. The molecule has 104 valence electrons. The van der Waals surface area contributed by atoms with Crippen molar-refractivity contribution in [2.45, 2.75) is 25.2 Å². The highest BCUT2D eigenvalue weighted by Gasteiger charge is 2.47. The SMILES string of the molecule is Nc1onc(C2CC3CC3C2)c1-c1ccc(Cl)c(Cl)c1. The summed E-state index contributed by atoms with van der Waals surface area (Å²) in [4.78, 5) is 0. The Hall–Kier alpha value is -1.19. The lowest BCUT2D eigenvalue weighted by atomic mass is 9.93. The van der Waals surface area contributed by atoms with Gasteiger partial charge in [-0.3, -0.25) is 0 Å². The summed E-state index contributed by atoms with van der Waals surface area (Å²) in [6, 6.07) is 5.52. The summed E-state index contributed by atoms with van der Waals surface area (Å²) in [5, 5.41) is 5.26. The van der Waals surface area contributed by atoms with Crippen LogP contribution < -0.4 is 5.73 Å². The highest BCUT2D eigenvalue weighted by atomic mass is 35.5. The van der Waals surface area contributed by atoms with Gasteiger partial charge in [-0.1, -0.05) is 34.4 Å². The van der Waals surface area contributed by atoms with E-state index in [0.29, 0.717) is 21.8 Å². The fourth-order valence-corrected chi connectivity index (χ4v) is 3.77. The van der Waals surface area contributed by atoms with Crippen LogP contribution in [-0.4, -0.2) is 5.16 Å². The van der Waals surface area contributed by atoms with Crippen LogP contribution in [0.5, 0.6) is 0 Å². The van der Waals surface area contributed by atoms with E-state index in [1.54, 1.807) is 6.07 Å². The number of fused-ring (bicyclic) bond motifs is 1. The van der Waals surface area contributed by atoms with Gasteiger partial charge < -0.3 is 10.3 Å². The van der Waals surface area contributed by atoms with Gasteiger partial charge >= 0.3 is 0 Å². The van der Waals surface area contributed by atoms with E-state index in [0.717, 1.165) is 28.7 Å². The third-order valence-electron chi connectivity index (χ3n) is 4.58. The summed E-state index contributed by atoms with van der Waals surface area (Å²) in [5.74, 6) is 2.60. The molecule has 0 saturated heterocycles. The number of aromatic nitrogens is 1. The monoisotopic (exact) mass is 308 g/mol. The molecule has 2 aliphatic rings. The first-order valence-electron chi connectivity index (χ1n) is 6.84.